The molecule has 0 bridgehead atoms. The van der Waals surface area contributed by atoms with Crippen molar-refractivity contribution in [2.24, 2.45) is 0 Å². The third-order valence-corrected chi connectivity index (χ3v) is 0. The summed E-state index contributed by atoms with van der Waals surface area (Å²) < 4.78 is 0. The second-order valence-electron chi connectivity index (χ2n) is 0.365. The Morgan fingerprint density at radius 1 is 0.538 bits per heavy atom. The van der Waals surface area contributed by atoms with Crippen LogP contribution in [-0.4, -0.2) is 0 Å². The van der Waals surface area contributed by atoms with Crippen LogP contribution in [0.4, 0.5) is 0 Å². The summed E-state index contributed by atoms with van der Waals surface area (Å²) in [5.74, 6) is 0. The molecule has 0 aliphatic carbocycles. The average Bonchev–Trinajstić information content (AvgIpc) is 1.92. The first-order valence-electron chi connectivity index (χ1n) is 1.71. The predicted molar refractivity (Wildman–Crippen MR) is 51.9 cm³/mol. The normalized spacial score (nSPS) is 2.15. The van der Waals surface area contributed by atoms with Gasteiger partial charge >= 0.3 is 17.1 Å². The van der Waals surface area contributed by atoms with E-state index in [0.29, 0.717) is 0 Å². The molecule has 0 spiro atoms. The van der Waals surface area contributed by atoms with E-state index in [1.807, 2.05) is 0 Å². The quantitative estimate of drug-likeness (QED) is 0.350. The molecule has 13 heavy (non-hydrogen) atoms. The van der Waals surface area contributed by atoms with Crippen LogP contribution in [-0.2, 0) is 67.6 Å². The van der Waals surface area contributed by atoms with Gasteiger partial charge in [0, 0.05) is 0 Å². The summed E-state index contributed by atoms with van der Waals surface area (Å²) >= 11 is 14.8. The predicted octanol–water partition coefficient (Wildman–Crippen LogP) is 0.0550. The Labute approximate surface area is 110 Å². The zero-order valence-corrected chi connectivity index (χ0v) is 10.1. The van der Waals surface area contributed by atoms with Crippen LogP contribution in [0, 0.1) is 42.7 Å². The van der Waals surface area contributed by atoms with Gasteiger partial charge in [0.15, 0.2) is 0 Å². The van der Waals surface area contributed by atoms with E-state index < -0.39 is 0 Å². The summed E-state index contributed by atoms with van der Waals surface area (Å²) in [6.45, 7) is 0. The first-order valence-corrected chi connectivity index (χ1v) is 3.34. The van der Waals surface area contributed by atoms with Crippen molar-refractivity contribution in [2.45, 2.75) is 0 Å². The Morgan fingerprint density at radius 2 is 0.538 bits per heavy atom. The molecule has 0 aliphatic heterocycles. The minimum absolute atomic E-state index is 0. The molecular formula is C4FeN4S4-2. The van der Waals surface area contributed by atoms with Gasteiger partial charge in [-0.25, -0.2) is 21.0 Å². The monoisotopic (exact) mass is 288 g/mol. The molecule has 0 heterocycles. The van der Waals surface area contributed by atoms with Crippen molar-refractivity contribution in [3.8, 4) is 21.6 Å². The SMILES string of the molecule is N#C[S-].N#C[S-].N#C[S-].N#C[S-].[Fe+2]. The van der Waals surface area contributed by atoms with Gasteiger partial charge in [-0.3, -0.25) is 0 Å². The number of hydrogen-bond donors (Lipinski definition) is 0. The van der Waals surface area contributed by atoms with Gasteiger partial charge in [0.2, 0.25) is 0 Å². The maximum absolute atomic E-state index is 7.13. The molecule has 4 nitrogen and oxygen atoms in total. The van der Waals surface area contributed by atoms with Gasteiger partial charge in [-0.1, -0.05) is 21.6 Å². The van der Waals surface area contributed by atoms with Crippen molar-refractivity contribution in [3.05, 3.63) is 0 Å². The average molecular weight is 288 g/mol. The van der Waals surface area contributed by atoms with Crippen molar-refractivity contribution in [3.63, 3.8) is 0 Å². The molecule has 0 aromatic carbocycles. The fourth-order valence-corrected chi connectivity index (χ4v) is 0. The smallest absolute Gasteiger partial charge is 0.696 e. The van der Waals surface area contributed by atoms with Gasteiger partial charge in [0.25, 0.3) is 0 Å². The Balaban J connectivity index is -0.0000000213. The fraction of sp³-hybridized carbons (Fsp3) is 0. The minimum atomic E-state index is 0. The molecule has 70 valence electrons. The van der Waals surface area contributed by atoms with Crippen molar-refractivity contribution in [1.82, 2.24) is 0 Å². The molecule has 0 atom stereocenters. The summed E-state index contributed by atoms with van der Waals surface area (Å²) in [7, 11) is 0. The molecule has 0 unspecified atom stereocenters. The maximum atomic E-state index is 7.13. The van der Waals surface area contributed by atoms with Crippen LogP contribution >= 0.6 is 0 Å². The van der Waals surface area contributed by atoms with Gasteiger partial charge in [-0.2, -0.15) is 0 Å². The van der Waals surface area contributed by atoms with Crippen molar-refractivity contribution in [2.75, 3.05) is 0 Å². The van der Waals surface area contributed by atoms with Gasteiger partial charge in [-0.05, 0) is 0 Å². The molecule has 0 aromatic heterocycles. The molecule has 0 saturated carbocycles. The van der Waals surface area contributed by atoms with E-state index in [-0.39, 0.29) is 17.1 Å². The van der Waals surface area contributed by atoms with Crippen LogP contribution in [0.1, 0.15) is 0 Å². The summed E-state index contributed by atoms with van der Waals surface area (Å²) in [6.07, 6.45) is 0. The van der Waals surface area contributed by atoms with E-state index in [1.165, 1.54) is 21.6 Å². The van der Waals surface area contributed by atoms with E-state index in [1.54, 1.807) is 0 Å². The number of rotatable bonds is 0. The van der Waals surface area contributed by atoms with Gasteiger partial charge in [0.1, 0.15) is 0 Å². The third kappa shape index (κ3) is 2430. The fourth-order valence-electron chi connectivity index (χ4n) is 0. The van der Waals surface area contributed by atoms with E-state index in [0.717, 1.165) is 0 Å². The van der Waals surface area contributed by atoms with Crippen LogP contribution in [0.5, 0.6) is 0 Å². The van der Waals surface area contributed by atoms with Gasteiger partial charge in [-0.15, -0.1) is 0 Å². The standard InChI is InChI=1S/4CHNS.Fe/c4*2-1-3;/h4*3H;/q;;;;+2/p-4. The maximum Gasteiger partial charge on any atom is 2.00 e. The topological polar surface area (TPSA) is 95.2 Å². The second kappa shape index (κ2) is 108. The van der Waals surface area contributed by atoms with Crippen LogP contribution in [0.3, 0.4) is 0 Å². The number of hydrogen-bond acceptors (Lipinski definition) is 8. The molecule has 0 rings (SSSR count). The largest absolute Gasteiger partial charge is 2.00 e. The number of nitriles is 4. The molecule has 0 N–H and O–H groups in total. The van der Waals surface area contributed by atoms with E-state index in [9.17, 15) is 0 Å². The Bertz CT molecular complexity index is 158. The van der Waals surface area contributed by atoms with Crippen LogP contribution in [0.25, 0.3) is 0 Å². The molecule has 0 aliphatic rings. The number of thiocyanates is 4. The molecule has 0 amide bonds. The van der Waals surface area contributed by atoms with E-state index in [4.69, 9.17) is 21.0 Å². The first-order chi connectivity index (χ1) is 5.66. The third-order valence-electron chi connectivity index (χ3n) is 0. The van der Waals surface area contributed by atoms with Crippen LogP contribution in [0.2, 0.25) is 0 Å². The van der Waals surface area contributed by atoms with E-state index in [2.05, 4.69) is 50.5 Å². The minimum Gasteiger partial charge on any atom is -0.696 e. The molecule has 0 radical (unpaired) electrons. The summed E-state index contributed by atoms with van der Waals surface area (Å²) in [5.41, 5.74) is 0. The second-order valence-corrected chi connectivity index (χ2v) is 1.10. The molecule has 0 saturated heterocycles. The Morgan fingerprint density at radius 3 is 0.538 bits per heavy atom. The zero-order valence-electron chi connectivity index (χ0n) is 5.78. The molecular weight excluding hydrogens is 288 g/mol. The Hall–Kier alpha value is -0.641. The zero-order chi connectivity index (χ0) is 10.8. The summed E-state index contributed by atoms with van der Waals surface area (Å²) in [4.78, 5) is 0. The van der Waals surface area contributed by atoms with Crippen molar-refractivity contribution < 1.29 is 17.1 Å². The van der Waals surface area contributed by atoms with Crippen LogP contribution in [0.15, 0.2) is 0 Å². The van der Waals surface area contributed by atoms with Gasteiger partial charge < -0.3 is 50.5 Å². The first kappa shape index (κ1) is 29.4. The van der Waals surface area contributed by atoms with Crippen molar-refractivity contribution in [1.29, 1.82) is 21.0 Å². The van der Waals surface area contributed by atoms with Gasteiger partial charge in [0.05, 0.1) is 0 Å². The van der Waals surface area contributed by atoms with E-state index >= 15 is 0 Å². The summed E-state index contributed by atoms with van der Waals surface area (Å²) in [6, 6.07) is 0. The molecule has 0 fully saturated rings. The number of nitrogens with zero attached hydrogens (tertiary/aromatic N) is 4. The van der Waals surface area contributed by atoms with Crippen LogP contribution < -0.4 is 0 Å². The molecule has 0 aromatic rings. The summed E-state index contributed by atoms with van der Waals surface area (Å²) in [5, 5.41) is 33.9. The Kier molecular flexibility index (Phi) is 245. The molecule has 9 heteroatoms. The van der Waals surface area contributed by atoms with Crippen molar-refractivity contribution >= 4 is 50.5 Å².